The summed E-state index contributed by atoms with van der Waals surface area (Å²) < 4.78 is 19.1. The van der Waals surface area contributed by atoms with Gasteiger partial charge in [-0.15, -0.1) is 10.2 Å². The third-order valence-corrected chi connectivity index (χ3v) is 6.59. The van der Waals surface area contributed by atoms with Crippen LogP contribution in [0.5, 0.6) is 0 Å². The van der Waals surface area contributed by atoms with E-state index >= 15 is 0 Å². The third kappa shape index (κ3) is 3.97. The third-order valence-electron chi connectivity index (χ3n) is 5.90. The van der Waals surface area contributed by atoms with E-state index < -0.39 is 5.92 Å². The number of carbonyl (C=O) groups excluding carboxylic acids is 2. The number of hydrogen-bond donors (Lipinski definition) is 0. The standard InChI is InChI=1S/C22H21FN4O3S/c23-17-3-5-18(6-4-17)27-12-16(10-19(27)28)22(29)26-8-1-2-14(11-26)20-24-25-21(30-20)15-7-9-31-13-15/h3-7,9,13-14,16H,1-2,8,10-12H2. The average molecular weight is 441 g/mol. The van der Waals surface area contributed by atoms with Crippen LogP contribution in [0, 0.1) is 11.7 Å². The molecule has 3 aromatic rings. The number of nitrogens with zero attached hydrogens (tertiary/aromatic N) is 4. The number of aromatic nitrogens is 2. The summed E-state index contributed by atoms with van der Waals surface area (Å²) >= 11 is 1.57. The molecule has 0 radical (unpaired) electrons. The van der Waals surface area contributed by atoms with Gasteiger partial charge in [-0.05, 0) is 48.6 Å². The van der Waals surface area contributed by atoms with Crippen molar-refractivity contribution >= 4 is 28.8 Å². The predicted molar refractivity (Wildman–Crippen MR) is 113 cm³/mol. The summed E-state index contributed by atoms with van der Waals surface area (Å²) in [6, 6.07) is 7.71. The fourth-order valence-corrected chi connectivity index (χ4v) is 4.91. The summed E-state index contributed by atoms with van der Waals surface area (Å²) in [5.74, 6) is 0.134. The molecule has 0 aliphatic carbocycles. The van der Waals surface area contributed by atoms with Crippen molar-refractivity contribution in [3.8, 4) is 11.5 Å². The van der Waals surface area contributed by atoms with Crippen LogP contribution in [-0.2, 0) is 9.59 Å². The Morgan fingerprint density at radius 3 is 2.77 bits per heavy atom. The Balaban J connectivity index is 1.26. The van der Waals surface area contributed by atoms with Crippen molar-refractivity contribution in [3.63, 3.8) is 0 Å². The van der Waals surface area contributed by atoms with Gasteiger partial charge in [0.25, 0.3) is 0 Å². The maximum absolute atomic E-state index is 13.2. The van der Waals surface area contributed by atoms with Crippen molar-refractivity contribution in [2.24, 2.45) is 5.92 Å². The van der Waals surface area contributed by atoms with Gasteiger partial charge >= 0.3 is 0 Å². The first kappa shape index (κ1) is 19.9. The molecule has 2 aliphatic rings. The molecule has 2 atom stereocenters. The molecular weight excluding hydrogens is 419 g/mol. The summed E-state index contributed by atoms with van der Waals surface area (Å²) in [7, 11) is 0. The lowest BCUT2D eigenvalue weighted by molar-refractivity contribution is -0.137. The lowest BCUT2D eigenvalue weighted by Gasteiger charge is -2.32. The minimum absolute atomic E-state index is 0.0112. The topological polar surface area (TPSA) is 79.5 Å². The second-order valence-electron chi connectivity index (χ2n) is 7.96. The molecule has 2 amide bonds. The zero-order valence-electron chi connectivity index (χ0n) is 16.7. The largest absolute Gasteiger partial charge is 0.420 e. The highest BCUT2D eigenvalue weighted by molar-refractivity contribution is 7.08. The normalized spacial score (nSPS) is 21.6. The molecule has 0 saturated carbocycles. The molecule has 2 unspecified atom stereocenters. The van der Waals surface area contributed by atoms with Gasteiger partial charge in [0.05, 0.1) is 11.8 Å². The number of likely N-dealkylation sites (tertiary alicyclic amines) is 1. The Kier molecular flexibility index (Phi) is 5.27. The summed E-state index contributed by atoms with van der Waals surface area (Å²) in [5.41, 5.74) is 1.52. The Morgan fingerprint density at radius 2 is 2.00 bits per heavy atom. The Hall–Kier alpha value is -3.07. The van der Waals surface area contributed by atoms with Crippen LogP contribution in [0.1, 0.15) is 31.1 Å². The molecule has 1 aromatic carbocycles. The van der Waals surface area contributed by atoms with Crippen LogP contribution in [0.4, 0.5) is 10.1 Å². The first-order valence-electron chi connectivity index (χ1n) is 10.3. The molecular formula is C22H21FN4O3S. The molecule has 2 saturated heterocycles. The summed E-state index contributed by atoms with van der Waals surface area (Å²) in [5, 5.41) is 12.3. The Morgan fingerprint density at radius 1 is 1.16 bits per heavy atom. The molecule has 9 heteroatoms. The zero-order chi connectivity index (χ0) is 21.4. The number of hydrogen-bond acceptors (Lipinski definition) is 6. The van der Waals surface area contributed by atoms with E-state index in [2.05, 4.69) is 10.2 Å². The van der Waals surface area contributed by atoms with Gasteiger partial charge < -0.3 is 14.2 Å². The quantitative estimate of drug-likeness (QED) is 0.618. The van der Waals surface area contributed by atoms with Gasteiger partial charge in [-0.3, -0.25) is 9.59 Å². The Bertz CT molecular complexity index is 1080. The number of halogens is 1. The average Bonchev–Trinajstić information content (AvgIpc) is 3.54. The number of benzene rings is 1. The van der Waals surface area contributed by atoms with Crippen LogP contribution in [0.3, 0.4) is 0 Å². The minimum Gasteiger partial charge on any atom is -0.420 e. The maximum atomic E-state index is 13.2. The van der Waals surface area contributed by atoms with Crippen LogP contribution in [0.15, 0.2) is 45.5 Å². The molecule has 31 heavy (non-hydrogen) atoms. The first-order chi connectivity index (χ1) is 15.1. The number of thiophene rings is 1. The molecule has 5 rings (SSSR count). The molecule has 0 N–H and O–H groups in total. The molecule has 2 aliphatic heterocycles. The van der Waals surface area contributed by atoms with Crippen molar-refractivity contribution in [2.45, 2.75) is 25.2 Å². The van der Waals surface area contributed by atoms with Gasteiger partial charge in [0.2, 0.25) is 23.6 Å². The second kappa shape index (κ2) is 8.22. The lowest BCUT2D eigenvalue weighted by Crippen LogP contribution is -2.43. The van der Waals surface area contributed by atoms with Crippen LogP contribution < -0.4 is 4.90 Å². The number of carbonyl (C=O) groups is 2. The van der Waals surface area contributed by atoms with Gasteiger partial charge in [0.15, 0.2) is 0 Å². The minimum atomic E-state index is -0.402. The van der Waals surface area contributed by atoms with E-state index in [1.54, 1.807) is 28.4 Å². The first-order valence-corrected chi connectivity index (χ1v) is 11.2. The molecule has 0 spiro atoms. The fourth-order valence-electron chi connectivity index (χ4n) is 4.28. The molecule has 2 fully saturated rings. The fraction of sp³-hybridized carbons (Fsp3) is 0.364. The van der Waals surface area contributed by atoms with Crippen LogP contribution in [-0.4, -0.2) is 46.5 Å². The van der Waals surface area contributed by atoms with Crippen LogP contribution in [0.25, 0.3) is 11.5 Å². The van der Waals surface area contributed by atoms with E-state index in [1.165, 1.54) is 12.1 Å². The number of amides is 2. The van der Waals surface area contributed by atoms with E-state index in [0.717, 1.165) is 18.4 Å². The number of anilines is 1. The molecule has 7 nitrogen and oxygen atoms in total. The summed E-state index contributed by atoms with van der Waals surface area (Å²) in [4.78, 5) is 29.0. The monoisotopic (exact) mass is 440 g/mol. The van der Waals surface area contributed by atoms with Gasteiger partial charge in [-0.2, -0.15) is 11.3 Å². The van der Waals surface area contributed by atoms with Gasteiger partial charge in [-0.1, -0.05) is 0 Å². The van der Waals surface area contributed by atoms with Crippen molar-refractivity contribution in [1.29, 1.82) is 0 Å². The van der Waals surface area contributed by atoms with Crippen molar-refractivity contribution < 1.29 is 18.4 Å². The van der Waals surface area contributed by atoms with E-state index in [9.17, 15) is 14.0 Å². The van der Waals surface area contributed by atoms with Crippen molar-refractivity contribution in [2.75, 3.05) is 24.5 Å². The van der Waals surface area contributed by atoms with Gasteiger partial charge in [0, 0.05) is 42.7 Å². The zero-order valence-corrected chi connectivity index (χ0v) is 17.6. The molecule has 2 aromatic heterocycles. The Labute approximate surface area is 182 Å². The van der Waals surface area contributed by atoms with Gasteiger partial charge in [-0.25, -0.2) is 4.39 Å². The second-order valence-corrected chi connectivity index (χ2v) is 8.74. The van der Waals surface area contributed by atoms with Gasteiger partial charge in [0.1, 0.15) is 5.82 Å². The van der Waals surface area contributed by atoms with Crippen LogP contribution >= 0.6 is 11.3 Å². The summed E-state index contributed by atoms with van der Waals surface area (Å²) in [6.07, 6.45) is 1.88. The van der Waals surface area contributed by atoms with E-state index in [-0.39, 0.29) is 30.0 Å². The highest BCUT2D eigenvalue weighted by Gasteiger charge is 2.39. The van der Waals surface area contributed by atoms with Crippen molar-refractivity contribution in [1.82, 2.24) is 15.1 Å². The molecule has 0 bridgehead atoms. The predicted octanol–water partition coefficient (Wildman–Crippen LogP) is 3.70. The molecule has 160 valence electrons. The number of rotatable bonds is 4. The van der Waals surface area contributed by atoms with Crippen molar-refractivity contribution in [3.05, 3.63) is 52.8 Å². The molecule has 4 heterocycles. The smallest absolute Gasteiger partial charge is 0.248 e. The SMILES string of the molecule is O=C(C1CC(=O)N(c2ccc(F)cc2)C1)N1CCCC(c2nnc(-c3ccsc3)o2)C1. The van der Waals surface area contributed by atoms with E-state index in [1.807, 2.05) is 21.7 Å². The van der Waals surface area contributed by atoms with E-state index in [0.29, 0.717) is 37.1 Å². The maximum Gasteiger partial charge on any atom is 0.248 e. The number of piperidine rings is 1. The highest BCUT2D eigenvalue weighted by atomic mass is 32.1. The highest BCUT2D eigenvalue weighted by Crippen LogP contribution is 2.32. The lowest BCUT2D eigenvalue weighted by atomic mass is 9.96. The van der Waals surface area contributed by atoms with E-state index in [4.69, 9.17) is 4.42 Å². The van der Waals surface area contributed by atoms with Crippen LogP contribution in [0.2, 0.25) is 0 Å². The summed E-state index contributed by atoms with van der Waals surface area (Å²) in [6.45, 7) is 1.47.